The van der Waals surface area contributed by atoms with Crippen molar-refractivity contribution in [2.24, 2.45) is 5.41 Å². The van der Waals surface area contributed by atoms with E-state index >= 15 is 0 Å². The lowest BCUT2D eigenvalue weighted by molar-refractivity contribution is 0.0518. The van der Waals surface area contributed by atoms with Crippen LogP contribution in [-0.2, 0) is 0 Å². The summed E-state index contributed by atoms with van der Waals surface area (Å²) in [6.45, 7) is 5.36. The second-order valence-corrected chi connectivity index (χ2v) is 4.87. The van der Waals surface area contributed by atoms with Gasteiger partial charge in [-0.05, 0) is 44.2 Å². The van der Waals surface area contributed by atoms with Gasteiger partial charge in [0.05, 0.1) is 0 Å². The Balaban J connectivity index is 0.000000653. The van der Waals surface area contributed by atoms with E-state index in [4.69, 9.17) is 0 Å². The van der Waals surface area contributed by atoms with Crippen molar-refractivity contribution in [3.63, 3.8) is 0 Å². The predicted molar refractivity (Wildman–Crippen MR) is 56.4 cm³/mol. The molecular formula is C10H19ClN2. The molecule has 1 N–H and O–H groups in total. The van der Waals surface area contributed by atoms with Crippen LogP contribution in [0.2, 0.25) is 0 Å². The Morgan fingerprint density at radius 1 is 1.08 bits per heavy atom. The Kier molecular flexibility index (Phi) is 2.56. The maximum Gasteiger partial charge on any atom is 0.00964 e. The molecule has 3 heteroatoms. The van der Waals surface area contributed by atoms with Crippen molar-refractivity contribution < 1.29 is 0 Å². The molecule has 76 valence electrons. The van der Waals surface area contributed by atoms with Crippen LogP contribution in [0, 0.1) is 5.41 Å². The average Bonchev–Trinajstić information content (AvgIpc) is 2.84. The molecule has 1 aliphatic carbocycles. The molecule has 3 fully saturated rings. The minimum atomic E-state index is 0. The first kappa shape index (κ1) is 9.75. The first-order chi connectivity index (χ1) is 5.88. The van der Waals surface area contributed by atoms with Crippen LogP contribution in [0.5, 0.6) is 0 Å². The SMILES string of the molecule is C1CC1N1CCC2(CC1)CNC2.Cl. The monoisotopic (exact) mass is 202 g/mol. The normalized spacial score (nSPS) is 32.3. The third kappa shape index (κ3) is 1.72. The van der Waals surface area contributed by atoms with Gasteiger partial charge in [-0.1, -0.05) is 0 Å². The van der Waals surface area contributed by atoms with Crippen molar-refractivity contribution in [1.29, 1.82) is 0 Å². The molecule has 0 bridgehead atoms. The summed E-state index contributed by atoms with van der Waals surface area (Å²) in [6, 6.07) is 0.996. The highest BCUT2D eigenvalue weighted by molar-refractivity contribution is 5.85. The smallest absolute Gasteiger partial charge is 0.00964 e. The van der Waals surface area contributed by atoms with Gasteiger partial charge >= 0.3 is 0 Å². The summed E-state index contributed by atoms with van der Waals surface area (Å²) < 4.78 is 0. The van der Waals surface area contributed by atoms with E-state index < -0.39 is 0 Å². The maximum atomic E-state index is 3.41. The third-order valence-electron chi connectivity index (χ3n) is 3.92. The summed E-state index contributed by atoms with van der Waals surface area (Å²) in [7, 11) is 0. The number of nitrogens with one attached hydrogen (secondary N) is 1. The molecular weight excluding hydrogens is 184 g/mol. The second kappa shape index (κ2) is 3.41. The lowest BCUT2D eigenvalue weighted by atomic mass is 9.73. The van der Waals surface area contributed by atoms with Crippen molar-refractivity contribution in [3.05, 3.63) is 0 Å². The van der Waals surface area contributed by atoms with Gasteiger partial charge in [0.15, 0.2) is 0 Å². The van der Waals surface area contributed by atoms with Gasteiger partial charge in [-0.15, -0.1) is 12.4 Å². The van der Waals surface area contributed by atoms with Crippen LogP contribution in [0.15, 0.2) is 0 Å². The van der Waals surface area contributed by atoms with Crippen molar-refractivity contribution in [3.8, 4) is 0 Å². The zero-order valence-corrected chi connectivity index (χ0v) is 8.91. The van der Waals surface area contributed by atoms with Crippen molar-refractivity contribution in [2.75, 3.05) is 26.2 Å². The molecule has 0 aromatic heterocycles. The van der Waals surface area contributed by atoms with Crippen molar-refractivity contribution in [1.82, 2.24) is 10.2 Å². The zero-order valence-electron chi connectivity index (χ0n) is 8.09. The van der Waals surface area contributed by atoms with Crippen LogP contribution in [0.4, 0.5) is 0 Å². The molecule has 1 spiro atoms. The summed E-state index contributed by atoms with van der Waals surface area (Å²) in [5, 5.41) is 3.41. The molecule has 0 atom stereocenters. The molecule has 0 unspecified atom stereocenters. The van der Waals surface area contributed by atoms with Gasteiger partial charge in [0.2, 0.25) is 0 Å². The Labute approximate surface area is 86.5 Å². The Morgan fingerprint density at radius 3 is 2.08 bits per heavy atom. The Morgan fingerprint density at radius 2 is 1.69 bits per heavy atom. The summed E-state index contributed by atoms with van der Waals surface area (Å²) in [4.78, 5) is 2.71. The van der Waals surface area contributed by atoms with Gasteiger partial charge in [0.1, 0.15) is 0 Å². The van der Waals surface area contributed by atoms with Crippen LogP contribution in [0.1, 0.15) is 25.7 Å². The van der Waals surface area contributed by atoms with Crippen LogP contribution >= 0.6 is 12.4 Å². The molecule has 1 saturated carbocycles. The van der Waals surface area contributed by atoms with E-state index in [1.54, 1.807) is 0 Å². The van der Waals surface area contributed by atoms with Gasteiger partial charge in [0, 0.05) is 19.1 Å². The lowest BCUT2D eigenvalue weighted by Crippen LogP contribution is -2.58. The molecule has 13 heavy (non-hydrogen) atoms. The molecule has 3 aliphatic rings. The van der Waals surface area contributed by atoms with Gasteiger partial charge < -0.3 is 10.2 Å². The topological polar surface area (TPSA) is 15.3 Å². The van der Waals surface area contributed by atoms with E-state index in [0.717, 1.165) is 11.5 Å². The number of hydrogen-bond donors (Lipinski definition) is 1. The van der Waals surface area contributed by atoms with Crippen molar-refractivity contribution >= 4 is 12.4 Å². The molecule has 0 radical (unpaired) electrons. The first-order valence-electron chi connectivity index (χ1n) is 5.33. The van der Waals surface area contributed by atoms with E-state index in [1.165, 1.54) is 51.9 Å². The third-order valence-corrected chi connectivity index (χ3v) is 3.92. The number of piperidine rings is 1. The Hall–Kier alpha value is 0.210. The largest absolute Gasteiger partial charge is 0.316 e. The molecule has 2 nitrogen and oxygen atoms in total. The molecule has 0 aromatic carbocycles. The average molecular weight is 203 g/mol. The standard InChI is InChI=1S/C10H18N2.ClH/c1-2-9(1)12-5-3-10(4-6-12)7-11-8-10;/h9,11H,1-8H2;1H. The fourth-order valence-electron chi connectivity index (χ4n) is 2.64. The van der Waals surface area contributed by atoms with Crippen LogP contribution < -0.4 is 5.32 Å². The molecule has 2 heterocycles. The van der Waals surface area contributed by atoms with E-state index in [0.29, 0.717) is 0 Å². The molecule has 3 rings (SSSR count). The first-order valence-corrected chi connectivity index (χ1v) is 5.33. The van der Waals surface area contributed by atoms with Crippen LogP contribution in [-0.4, -0.2) is 37.1 Å². The Bertz CT molecular complexity index is 177. The number of nitrogens with zero attached hydrogens (tertiary/aromatic N) is 1. The molecule has 2 aliphatic heterocycles. The minimum absolute atomic E-state index is 0. The second-order valence-electron chi connectivity index (χ2n) is 4.87. The van der Waals surface area contributed by atoms with Crippen molar-refractivity contribution in [2.45, 2.75) is 31.7 Å². The van der Waals surface area contributed by atoms with E-state index in [1.807, 2.05) is 0 Å². The number of rotatable bonds is 1. The molecule has 2 saturated heterocycles. The van der Waals surface area contributed by atoms with Gasteiger partial charge in [-0.25, -0.2) is 0 Å². The highest BCUT2D eigenvalue weighted by Crippen LogP contribution is 2.38. The van der Waals surface area contributed by atoms with Crippen LogP contribution in [0.25, 0.3) is 0 Å². The van der Waals surface area contributed by atoms with Gasteiger partial charge in [-0.2, -0.15) is 0 Å². The predicted octanol–water partition coefficient (Wildman–Crippen LogP) is 1.26. The highest BCUT2D eigenvalue weighted by Gasteiger charge is 2.42. The lowest BCUT2D eigenvalue weighted by Gasteiger charge is -2.48. The fourth-order valence-corrected chi connectivity index (χ4v) is 2.64. The molecule has 0 amide bonds. The summed E-state index contributed by atoms with van der Waals surface area (Å²) in [5.41, 5.74) is 0.741. The highest BCUT2D eigenvalue weighted by atomic mass is 35.5. The number of halogens is 1. The summed E-state index contributed by atoms with van der Waals surface area (Å²) in [6.07, 6.45) is 5.86. The van der Waals surface area contributed by atoms with Gasteiger partial charge in [0.25, 0.3) is 0 Å². The van der Waals surface area contributed by atoms with Gasteiger partial charge in [-0.3, -0.25) is 0 Å². The van der Waals surface area contributed by atoms with E-state index in [-0.39, 0.29) is 12.4 Å². The maximum absolute atomic E-state index is 3.41. The van der Waals surface area contributed by atoms with E-state index in [9.17, 15) is 0 Å². The van der Waals surface area contributed by atoms with E-state index in [2.05, 4.69) is 10.2 Å². The van der Waals surface area contributed by atoms with Crippen LogP contribution in [0.3, 0.4) is 0 Å². The minimum Gasteiger partial charge on any atom is -0.316 e. The summed E-state index contributed by atoms with van der Waals surface area (Å²) >= 11 is 0. The summed E-state index contributed by atoms with van der Waals surface area (Å²) in [5.74, 6) is 0. The number of likely N-dealkylation sites (tertiary alicyclic amines) is 1. The fraction of sp³-hybridized carbons (Fsp3) is 1.00. The molecule has 0 aromatic rings. The quantitative estimate of drug-likeness (QED) is 0.689. The zero-order chi connectivity index (χ0) is 8.02. The number of hydrogen-bond acceptors (Lipinski definition) is 2.